The van der Waals surface area contributed by atoms with E-state index in [1.165, 1.54) is 21.1 Å². The summed E-state index contributed by atoms with van der Waals surface area (Å²) >= 11 is 0. The molecule has 0 radical (unpaired) electrons. The zero-order valence-corrected chi connectivity index (χ0v) is 19.9. The van der Waals surface area contributed by atoms with E-state index in [9.17, 15) is 0 Å². The average molecular weight is 474 g/mol. The molecule has 0 fully saturated rings. The third kappa shape index (κ3) is 5.64. The molecule has 32 heavy (non-hydrogen) atoms. The maximum absolute atomic E-state index is 6.87. The molecular weight excluding hydrogens is 448 g/mol. The normalized spacial score (nSPS) is 10.5. The van der Waals surface area contributed by atoms with E-state index in [1.807, 2.05) is 30.3 Å². The van der Waals surface area contributed by atoms with Crippen LogP contribution in [-0.2, 0) is 28.1 Å². The van der Waals surface area contributed by atoms with Gasteiger partial charge in [0.2, 0.25) is 0 Å². The predicted octanol–water partition coefficient (Wildman–Crippen LogP) is 4.99. The quantitative estimate of drug-likeness (QED) is 0.191. The van der Waals surface area contributed by atoms with Gasteiger partial charge in [-0.2, -0.15) is 30.3 Å². The molecule has 0 aliphatic heterocycles. The molecule has 0 unspecified atom stereocenters. The van der Waals surface area contributed by atoms with Crippen LogP contribution in [0, 0.1) is 0 Å². The number of rotatable bonds is 6. The van der Waals surface area contributed by atoms with Gasteiger partial charge in [0.15, 0.2) is 0 Å². The van der Waals surface area contributed by atoms with Crippen molar-refractivity contribution in [3.05, 3.63) is 151 Å². The first kappa shape index (κ1) is 23.7. The van der Waals surface area contributed by atoms with Gasteiger partial charge in [-0.15, -0.1) is 5.56 Å². The van der Waals surface area contributed by atoms with Crippen LogP contribution in [-0.4, -0.2) is 8.32 Å². The van der Waals surface area contributed by atoms with Crippen molar-refractivity contribution in [1.29, 1.82) is 0 Å². The van der Waals surface area contributed by atoms with Crippen LogP contribution in [0.15, 0.2) is 146 Å². The van der Waals surface area contributed by atoms with E-state index in [-0.39, 0.29) is 17.1 Å². The van der Waals surface area contributed by atoms with Crippen LogP contribution in [0.5, 0.6) is 0 Å². The summed E-state index contributed by atoms with van der Waals surface area (Å²) in [7, 11) is -2.58. The molecule has 0 atom stereocenters. The van der Waals surface area contributed by atoms with Gasteiger partial charge < -0.3 is 4.43 Å². The van der Waals surface area contributed by atoms with Crippen LogP contribution >= 0.6 is 0 Å². The molecular formula is C29H26FeOSi. The van der Waals surface area contributed by atoms with Crippen LogP contribution in [0.25, 0.3) is 0 Å². The first-order valence-corrected chi connectivity index (χ1v) is 12.5. The van der Waals surface area contributed by atoms with Crippen molar-refractivity contribution in [1.82, 2.24) is 0 Å². The van der Waals surface area contributed by atoms with Crippen LogP contribution in [0.2, 0.25) is 0 Å². The maximum Gasteiger partial charge on any atom is 2.00 e. The monoisotopic (exact) mass is 474 g/mol. The molecule has 0 N–H and O–H groups in total. The molecule has 0 spiro atoms. The van der Waals surface area contributed by atoms with Crippen LogP contribution in [0.1, 0.15) is 5.56 Å². The second kappa shape index (κ2) is 12.2. The van der Waals surface area contributed by atoms with Gasteiger partial charge in [0.05, 0.1) is 0 Å². The fourth-order valence-corrected chi connectivity index (χ4v) is 7.66. The van der Waals surface area contributed by atoms with Crippen LogP contribution < -0.4 is 15.6 Å². The molecule has 3 heteroatoms. The van der Waals surface area contributed by atoms with Crippen molar-refractivity contribution in [2.45, 2.75) is 6.61 Å². The van der Waals surface area contributed by atoms with E-state index in [1.54, 1.807) is 0 Å². The standard InChI is InChI=1S/C24H21OSi.C5H5.Fe/c1-4-14-22(15-5-1)26(23-16-6-2-7-17-23,24-18-8-3-9-19-24)25-20-21-12-10-11-13-21;1-2-4-5-3-1;/h1-19H,20H2;1-5H;/q2*-1;+2. The molecule has 160 valence electrons. The first-order valence-electron chi connectivity index (χ1n) is 10.6. The second-order valence-corrected chi connectivity index (χ2v) is 10.7. The van der Waals surface area contributed by atoms with Crippen molar-refractivity contribution in [2.75, 3.05) is 0 Å². The molecule has 5 rings (SSSR count). The van der Waals surface area contributed by atoms with Crippen molar-refractivity contribution < 1.29 is 21.5 Å². The largest absolute Gasteiger partial charge is 2.00 e. The van der Waals surface area contributed by atoms with Crippen molar-refractivity contribution in [3.63, 3.8) is 0 Å². The van der Waals surface area contributed by atoms with Crippen molar-refractivity contribution >= 4 is 23.9 Å². The summed E-state index contributed by atoms with van der Waals surface area (Å²) in [6, 6.07) is 50.4. The van der Waals surface area contributed by atoms with Gasteiger partial charge in [0, 0.05) is 6.61 Å². The summed E-state index contributed by atoms with van der Waals surface area (Å²) in [5, 5.41) is 3.80. The SMILES string of the molecule is [Fe+2].c1cc[cH-]c1.c1ccc([Si](OC[c-]2cccc2)(c2ccccc2)c2ccccc2)cc1. The molecule has 0 heterocycles. The van der Waals surface area contributed by atoms with E-state index in [0.29, 0.717) is 6.61 Å². The van der Waals surface area contributed by atoms with Crippen LogP contribution in [0.4, 0.5) is 0 Å². The molecule has 0 aliphatic rings. The Morgan fingerprint density at radius 1 is 0.562 bits per heavy atom. The summed E-state index contributed by atoms with van der Waals surface area (Å²) in [5.41, 5.74) is 1.21. The molecule has 0 aromatic heterocycles. The van der Waals surface area contributed by atoms with E-state index in [4.69, 9.17) is 4.43 Å². The fourth-order valence-electron chi connectivity index (χ4n) is 3.79. The van der Waals surface area contributed by atoms with Gasteiger partial charge in [-0.3, -0.25) is 0 Å². The Hall–Kier alpha value is -2.94. The van der Waals surface area contributed by atoms with Gasteiger partial charge in [-0.25, -0.2) is 24.3 Å². The van der Waals surface area contributed by atoms with E-state index >= 15 is 0 Å². The third-order valence-electron chi connectivity index (χ3n) is 5.28. The fraction of sp³-hybridized carbons (Fsp3) is 0.0345. The summed E-state index contributed by atoms with van der Waals surface area (Å²) in [6.07, 6.45) is 0. The third-order valence-corrected chi connectivity index (χ3v) is 9.30. The zero-order chi connectivity index (χ0) is 21.2. The number of hydrogen-bond donors (Lipinski definition) is 0. The summed E-state index contributed by atoms with van der Waals surface area (Å²) in [4.78, 5) is 0. The molecule has 0 saturated heterocycles. The Kier molecular flexibility index (Phi) is 9.03. The van der Waals surface area contributed by atoms with Gasteiger partial charge in [-0.05, 0) is 15.6 Å². The summed E-state index contributed by atoms with van der Waals surface area (Å²) in [5.74, 6) is 0. The Labute approximate surface area is 202 Å². The van der Waals surface area contributed by atoms with Gasteiger partial charge in [-0.1, -0.05) is 91.0 Å². The van der Waals surface area contributed by atoms with Crippen molar-refractivity contribution in [3.8, 4) is 0 Å². The number of benzene rings is 3. The summed E-state index contributed by atoms with van der Waals surface area (Å²) < 4.78 is 6.87. The van der Waals surface area contributed by atoms with Gasteiger partial charge in [0.25, 0.3) is 8.32 Å². The minimum atomic E-state index is -2.58. The van der Waals surface area contributed by atoms with E-state index in [0.717, 1.165) is 0 Å². The van der Waals surface area contributed by atoms with Gasteiger partial charge in [0.1, 0.15) is 0 Å². The molecule has 1 nitrogen and oxygen atoms in total. The Balaban J connectivity index is 0.000000427. The minimum Gasteiger partial charge on any atom is -0.412 e. The van der Waals surface area contributed by atoms with E-state index < -0.39 is 8.32 Å². The minimum absolute atomic E-state index is 0. The average Bonchev–Trinajstić information content (AvgIpc) is 3.59. The smallest absolute Gasteiger partial charge is 0.412 e. The predicted molar refractivity (Wildman–Crippen MR) is 133 cm³/mol. The molecule has 5 aromatic carbocycles. The van der Waals surface area contributed by atoms with Crippen molar-refractivity contribution in [2.24, 2.45) is 0 Å². The Morgan fingerprint density at radius 3 is 1.31 bits per heavy atom. The summed E-state index contributed by atoms with van der Waals surface area (Å²) in [6.45, 7) is 0.609. The Morgan fingerprint density at radius 2 is 0.969 bits per heavy atom. The van der Waals surface area contributed by atoms with Crippen LogP contribution in [0.3, 0.4) is 0 Å². The molecule has 0 bridgehead atoms. The van der Waals surface area contributed by atoms with Gasteiger partial charge >= 0.3 is 17.1 Å². The number of hydrogen-bond acceptors (Lipinski definition) is 1. The maximum atomic E-state index is 6.87. The molecule has 5 aromatic rings. The van der Waals surface area contributed by atoms with E-state index in [2.05, 4.69) is 115 Å². The topological polar surface area (TPSA) is 9.23 Å². The zero-order valence-electron chi connectivity index (χ0n) is 17.8. The molecule has 0 aliphatic carbocycles. The molecule has 0 saturated carbocycles. The molecule has 0 amide bonds. The Bertz CT molecular complexity index is 992. The first-order chi connectivity index (χ1) is 15.4. The second-order valence-electron chi connectivity index (χ2n) is 7.32.